The monoisotopic (exact) mass is 184 g/mol. The Balaban J connectivity index is 3.10. The van der Waals surface area contributed by atoms with E-state index in [0.29, 0.717) is 17.1 Å². The van der Waals surface area contributed by atoms with Crippen molar-refractivity contribution in [3.05, 3.63) is 23.8 Å². The molecule has 0 aromatic heterocycles. The number of benzene rings is 1. The lowest BCUT2D eigenvalue weighted by atomic mass is 10.2. The summed E-state index contributed by atoms with van der Waals surface area (Å²) in [6.45, 7) is 0. The largest absolute Gasteiger partial charge is 0.497 e. The van der Waals surface area contributed by atoms with Gasteiger partial charge < -0.3 is 19.7 Å². The first kappa shape index (κ1) is 9.83. The van der Waals surface area contributed by atoms with Crippen molar-refractivity contribution in [3.8, 4) is 11.5 Å². The maximum absolute atomic E-state index is 8.98. The predicted molar refractivity (Wildman–Crippen MR) is 46.7 cm³/mol. The van der Waals surface area contributed by atoms with E-state index in [0.717, 1.165) is 0 Å². The summed E-state index contributed by atoms with van der Waals surface area (Å²) in [4.78, 5) is 0. The third-order valence-electron chi connectivity index (χ3n) is 1.72. The molecule has 2 N–H and O–H groups in total. The molecule has 0 saturated heterocycles. The lowest BCUT2D eigenvalue weighted by Gasteiger charge is -2.11. The summed E-state index contributed by atoms with van der Waals surface area (Å²) in [6.07, 6.45) is -1.55. The fourth-order valence-electron chi connectivity index (χ4n) is 1.04. The van der Waals surface area contributed by atoms with Crippen molar-refractivity contribution < 1.29 is 19.7 Å². The minimum Gasteiger partial charge on any atom is -0.497 e. The minimum absolute atomic E-state index is 0.293. The Morgan fingerprint density at radius 2 is 1.85 bits per heavy atom. The van der Waals surface area contributed by atoms with E-state index < -0.39 is 6.29 Å². The van der Waals surface area contributed by atoms with Crippen LogP contribution in [0.3, 0.4) is 0 Å². The topological polar surface area (TPSA) is 58.9 Å². The molecule has 0 fully saturated rings. The Labute approximate surface area is 76.3 Å². The molecule has 0 heterocycles. The Kier molecular flexibility index (Phi) is 3.11. The van der Waals surface area contributed by atoms with Gasteiger partial charge in [0, 0.05) is 0 Å². The van der Waals surface area contributed by atoms with Crippen LogP contribution in [0.15, 0.2) is 18.2 Å². The van der Waals surface area contributed by atoms with Crippen LogP contribution in [0.1, 0.15) is 11.9 Å². The second-order valence-corrected chi connectivity index (χ2v) is 2.48. The molecule has 0 amide bonds. The number of rotatable bonds is 3. The summed E-state index contributed by atoms with van der Waals surface area (Å²) in [5.74, 6) is 0.986. The van der Waals surface area contributed by atoms with Gasteiger partial charge in [-0.2, -0.15) is 0 Å². The van der Waals surface area contributed by atoms with E-state index in [-0.39, 0.29) is 0 Å². The Bertz CT molecular complexity index is 283. The van der Waals surface area contributed by atoms with Crippen LogP contribution in [-0.4, -0.2) is 24.4 Å². The van der Waals surface area contributed by atoms with Crippen LogP contribution in [0.2, 0.25) is 0 Å². The van der Waals surface area contributed by atoms with E-state index in [9.17, 15) is 0 Å². The molecule has 13 heavy (non-hydrogen) atoms. The summed E-state index contributed by atoms with van der Waals surface area (Å²) in [7, 11) is 2.98. The molecular weight excluding hydrogens is 172 g/mol. The highest BCUT2D eigenvalue weighted by molar-refractivity contribution is 5.40. The molecular formula is C9H12O4. The van der Waals surface area contributed by atoms with E-state index >= 15 is 0 Å². The first-order valence-electron chi connectivity index (χ1n) is 3.77. The van der Waals surface area contributed by atoms with Gasteiger partial charge in [0.15, 0.2) is 6.29 Å². The van der Waals surface area contributed by atoms with Gasteiger partial charge in [-0.25, -0.2) is 0 Å². The summed E-state index contributed by atoms with van der Waals surface area (Å²) < 4.78 is 9.86. The van der Waals surface area contributed by atoms with E-state index in [4.69, 9.17) is 19.7 Å². The molecule has 0 aliphatic heterocycles. The Hall–Kier alpha value is -1.26. The molecule has 0 atom stereocenters. The SMILES string of the molecule is COc1ccc(OC)c(C(O)O)c1. The maximum atomic E-state index is 8.98. The average Bonchev–Trinajstić information content (AvgIpc) is 2.16. The zero-order chi connectivity index (χ0) is 9.84. The molecule has 0 saturated carbocycles. The summed E-state index contributed by atoms with van der Waals surface area (Å²) in [5, 5.41) is 18.0. The van der Waals surface area contributed by atoms with Crippen molar-refractivity contribution in [2.24, 2.45) is 0 Å². The summed E-state index contributed by atoms with van der Waals surface area (Å²) >= 11 is 0. The molecule has 72 valence electrons. The number of aliphatic hydroxyl groups is 2. The lowest BCUT2D eigenvalue weighted by molar-refractivity contribution is -0.0440. The van der Waals surface area contributed by atoms with Crippen molar-refractivity contribution in [2.75, 3.05) is 14.2 Å². The van der Waals surface area contributed by atoms with Crippen molar-refractivity contribution >= 4 is 0 Å². The third-order valence-corrected chi connectivity index (χ3v) is 1.72. The van der Waals surface area contributed by atoms with Gasteiger partial charge in [0.05, 0.1) is 19.8 Å². The third kappa shape index (κ3) is 2.11. The van der Waals surface area contributed by atoms with Gasteiger partial charge in [0.25, 0.3) is 0 Å². The highest BCUT2D eigenvalue weighted by Crippen LogP contribution is 2.27. The molecule has 0 aliphatic rings. The zero-order valence-corrected chi connectivity index (χ0v) is 7.52. The van der Waals surface area contributed by atoms with Gasteiger partial charge in [-0.3, -0.25) is 0 Å². The Morgan fingerprint density at radius 3 is 2.31 bits per heavy atom. The van der Waals surface area contributed by atoms with Crippen molar-refractivity contribution in [1.82, 2.24) is 0 Å². The summed E-state index contributed by atoms with van der Waals surface area (Å²) in [6, 6.07) is 4.82. The van der Waals surface area contributed by atoms with Gasteiger partial charge >= 0.3 is 0 Å². The standard InChI is InChI=1S/C9H12O4/c1-12-6-3-4-8(13-2)7(5-6)9(10)11/h3-5,9-11H,1-2H3. The van der Waals surface area contributed by atoms with Crippen molar-refractivity contribution in [1.29, 1.82) is 0 Å². The van der Waals surface area contributed by atoms with Crippen LogP contribution in [0.5, 0.6) is 11.5 Å². The van der Waals surface area contributed by atoms with Crippen LogP contribution in [-0.2, 0) is 0 Å². The number of methoxy groups -OCH3 is 2. The normalized spacial score (nSPS) is 10.2. The first-order chi connectivity index (χ1) is 6.19. The van der Waals surface area contributed by atoms with E-state index in [2.05, 4.69) is 0 Å². The molecule has 4 nitrogen and oxygen atoms in total. The fraction of sp³-hybridized carbons (Fsp3) is 0.333. The molecule has 0 aliphatic carbocycles. The predicted octanol–water partition coefficient (Wildman–Crippen LogP) is 0.687. The van der Waals surface area contributed by atoms with Crippen LogP contribution >= 0.6 is 0 Å². The van der Waals surface area contributed by atoms with Gasteiger partial charge in [-0.1, -0.05) is 0 Å². The second-order valence-electron chi connectivity index (χ2n) is 2.48. The van der Waals surface area contributed by atoms with E-state index in [1.807, 2.05) is 0 Å². The van der Waals surface area contributed by atoms with Gasteiger partial charge in [-0.15, -0.1) is 0 Å². The maximum Gasteiger partial charge on any atom is 0.182 e. The van der Waals surface area contributed by atoms with Gasteiger partial charge in [0.2, 0.25) is 0 Å². The van der Waals surface area contributed by atoms with Crippen molar-refractivity contribution in [3.63, 3.8) is 0 Å². The molecule has 4 heteroatoms. The Morgan fingerprint density at radius 1 is 1.15 bits per heavy atom. The molecule has 0 spiro atoms. The quantitative estimate of drug-likeness (QED) is 0.678. The number of ether oxygens (including phenoxy) is 2. The molecule has 1 rings (SSSR count). The first-order valence-corrected chi connectivity index (χ1v) is 3.77. The number of hydrogen-bond acceptors (Lipinski definition) is 4. The van der Waals surface area contributed by atoms with Crippen LogP contribution in [0.25, 0.3) is 0 Å². The van der Waals surface area contributed by atoms with Gasteiger partial charge in [-0.05, 0) is 18.2 Å². The average molecular weight is 184 g/mol. The molecule has 0 radical (unpaired) electrons. The van der Waals surface area contributed by atoms with E-state index in [1.165, 1.54) is 20.3 Å². The highest BCUT2D eigenvalue weighted by atomic mass is 16.5. The second kappa shape index (κ2) is 4.11. The van der Waals surface area contributed by atoms with Crippen LogP contribution < -0.4 is 9.47 Å². The molecule has 1 aromatic rings. The highest BCUT2D eigenvalue weighted by Gasteiger charge is 2.10. The lowest BCUT2D eigenvalue weighted by Crippen LogP contribution is -1.99. The van der Waals surface area contributed by atoms with Crippen LogP contribution in [0.4, 0.5) is 0 Å². The molecule has 0 unspecified atom stereocenters. The zero-order valence-electron chi connectivity index (χ0n) is 7.52. The smallest absolute Gasteiger partial charge is 0.182 e. The minimum atomic E-state index is -1.55. The van der Waals surface area contributed by atoms with Gasteiger partial charge in [0.1, 0.15) is 11.5 Å². The summed E-state index contributed by atoms with van der Waals surface area (Å²) in [5.41, 5.74) is 0.293. The van der Waals surface area contributed by atoms with Crippen LogP contribution in [0, 0.1) is 0 Å². The molecule has 0 bridgehead atoms. The number of hydrogen-bond donors (Lipinski definition) is 2. The van der Waals surface area contributed by atoms with Crippen molar-refractivity contribution in [2.45, 2.75) is 6.29 Å². The fourth-order valence-corrected chi connectivity index (χ4v) is 1.04. The van der Waals surface area contributed by atoms with E-state index in [1.54, 1.807) is 12.1 Å². The molecule has 1 aromatic carbocycles. The number of aliphatic hydroxyl groups excluding tert-OH is 1.